The highest BCUT2D eigenvalue weighted by atomic mass is 35.5. The van der Waals surface area contributed by atoms with E-state index >= 15 is 0 Å². The summed E-state index contributed by atoms with van der Waals surface area (Å²) in [6, 6.07) is 1.65. The predicted octanol–water partition coefficient (Wildman–Crippen LogP) is 3.56. The van der Waals surface area contributed by atoms with Crippen molar-refractivity contribution in [1.29, 1.82) is 0 Å². The normalized spacial score (nSPS) is 18.9. The lowest BCUT2D eigenvalue weighted by Gasteiger charge is -2.23. The maximum absolute atomic E-state index is 13.8. The summed E-state index contributed by atoms with van der Waals surface area (Å²) < 4.78 is 53.2. The van der Waals surface area contributed by atoms with E-state index in [4.69, 9.17) is 11.6 Å². The number of benzene rings is 1. The topological polar surface area (TPSA) is 63.2 Å². The summed E-state index contributed by atoms with van der Waals surface area (Å²) in [5.74, 6) is -4.22. The first-order chi connectivity index (χ1) is 10.6. The number of rotatable bonds is 3. The lowest BCUT2D eigenvalue weighted by molar-refractivity contribution is -0.123. The molecule has 4 nitrogen and oxygen atoms in total. The minimum atomic E-state index is -4.59. The van der Waals surface area contributed by atoms with Crippen LogP contribution in [0.4, 0.5) is 8.78 Å². The summed E-state index contributed by atoms with van der Waals surface area (Å²) in [5.41, 5.74) is 2.21. The van der Waals surface area contributed by atoms with E-state index in [1.165, 1.54) is 5.57 Å². The van der Waals surface area contributed by atoms with Crippen molar-refractivity contribution in [2.45, 2.75) is 38.0 Å². The number of carbonyl (C=O) groups is 1. The van der Waals surface area contributed by atoms with E-state index in [1.54, 1.807) is 4.72 Å². The molecule has 1 aliphatic carbocycles. The van der Waals surface area contributed by atoms with Crippen molar-refractivity contribution in [3.63, 3.8) is 0 Å². The smallest absolute Gasteiger partial charge is 0.268 e. The fourth-order valence-corrected chi connectivity index (χ4v) is 4.14. The minimum absolute atomic E-state index is 0.437. The molecule has 1 amide bonds. The van der Waals surface area contributed by atoms with Crippen molar-refractivity contribution >= 4 is 27.5 Å². The maximum Gasteiger partial charge on any atom is 0.268 e. The van der Waals surface area contributed by atoms with E-state index < -0.39 is 43.4 Å². The van der Waals surface area contributed by atoms with Gasteiger partial charge in [-0.1, -0.05) is 22.7 Å². The molecule has 1 aliphatic rings. The Morgan fingerprint density at radius 1 is 1.26 bits per heavy atom. The lowest BCUT2D eigenvalue weighted by Crippen LogP contribution is -2.37. The van der Waals surface area contributed by atoms with Crippen molar-refractivity contribution in [3.8, 4) is 0 Å². The molecular formula is C15H16ClF2NO3S. The Labute approximate surface area is 138 Å². The molecule has 0 saturated heterocycles. The van der Waals surface area contributed by atoms with Crippen LogP contribution in [0.3, 0.4) is 0 Å². The van der Waals surface area contributed by atoms with Crippen LogP contribution in [0.25, 0.3) is 0 Å². The molecule has 0 saturated carbocycles. The Bertz CT molecular complexity index is 790. The molecule has 1 aromatic rings. The van der Waals surface area contributed by atoms with Crippen molar-refractivity contribution in [1.82, 2.24) is 4.72 Å². The molecule has 0 spiro atoms. The highest BCUT2D eigenvalue weighted by Crippen LogP contribution is 2.30. The van der Waals surface area contributed by atoms with Gasteiger partial charge in [-0.05, 0) is 45.2 Å². The van der Waals surface area contributed by atoms with Gasteiger partial charge in [0.1, 0.15) is 4.90 Å². The van der Waals surface area contributed by atoms with E-state index in [0.717, 1.165) is 17.7 Å². The zero-order chi connectivity index (χ0) is 17.4. The molecule has 1 aromatic carbocycles. The highest BCUT2D eigenvalue weighted by molar-refractivity contribution is 7.90. The quantitative estimate of drug-likeness (QED) is 0.659. The molecule has 126 valence electrons. The van der Waals surface area contributed by atoms with E-state index in [1.807, 2.05) is 13.8 Å². The number of amides is 1. The summed E-state index contributed by atoms with van der Waals surface area (Å²) in [5, 5.41) is -0.486. The fourth-order valence-electron chi connectivity index (χ4n) is 2.50. The summed E-state index contributed by atoms with van der Waals surface area (Å²) in [6.07, 6.45) is 1.63. The number of carbonyl (C=O) groups excluding carboxylic acids is 1. The zero-order valence-corrected chi connectivity index (χ0v) is 14.2. The predicted molar refractivity (Wildman–Crippen MR) is 82.4 cm³/mol. The zero-order valence-electron chi connectivity index (χ0n) is 12.6. The molecular weight excluding hydrogens is 348 g/mol. The van der Waals surface area contributed by atoms with Gasteiger partial charge in [-0.2, -0.15) is 0 Å². The summed E-state index contributed by atoms with van der Waals surface area (Å²) in [7, 11) is -4.59. The largest absolute Gasteiger partial charge is 0.274 e. The third-order valence-corrected chi connectivity index (χ3v) is 5.86. The second-order valence-corrected chi connectivity index (χ2v) is 7.67. The number of hydrogen-bond donors (Lipinski definition) is 1. The van der Waals surface area contributed by atoms with Gasteiger partial charge in [0, 0.05) is 5.92 Å². The van der Waals surface area contributed by atoms with Crippen LogP contribution < -0.4 is 4.72 Å². The maximum atomic E-state index is 13.8. The van der Waals surface area contributed by atoms with Crippen LogP contribution in [-0.4, -0.2) is 14.3 Å². The molecule has 0 aliphatic heterocycles. The molecule has 0 radical (unpaired) electrons. The van der Waals surface area contributed by atoms with Crippen molar-refractivity contribution in [2.24, 2.45) is 5.92 Å². The van der Waals surface area contributed by atoms with Gasteiger partial charge in [-0.15, -0.1) is 0 Å². The Balaban J connectivity index is 2.26. The Kier molecular flexibility index (Phi) is 5.10. The van der Waals surface area contributed by atoms with Crippen molar-refractivity contribution in [3.05, 3.63) is 39.9 Å². The second-order valence-electron chi connectivity index (χ2n) is 5.64. The van der Waals surface area contributed by atoms with Crippen LogP contribution in [0.5, 0.6) is 0 Å². The van der Waals surface area contributed by atoms with E-state index in [2.05, 4.69) is 0 Å². The Morgan fingerprint density at radius 2 is 1.91 bits per heavy atom. The molecule has 1 atom stereocenters. The first-order valence-corrected chi connectivity index (χ1v) is 8.85. The van der Waals surface area contributed by atoms with Crippen LogP contribution in [0.2, 0.25) is 5.02 Å². The molecule has 8 heteroatoms. The lowest BCUT2D eigenvalue weighted by atomic mass is 9.85. The monoisotopic (exact) mass is 363 g/mol. The number of halogens is 3. The minimum Gasteiger partial charge on any atom is -0.274 e. The Morgan fingerprint density at radius 3 is 2.52 bits per heavy atom. The van der Waals surface area contributed by atoms with Gasteiger partial charge in [0.15, 0.2) is 11.6 Å². The third-order valence-electron chi connectivity index (χ3n) is 4.03. The molecule has 0 fully saturated rings. The van der Waals surface area contributed by atoms with Gasteiger partial charge in [-0.3, -0.25) is 4.79 Å². The Hall–Kier alpha value is -1.47. The summed E-state index contributed by atoms with van der Waals surface area (Å²) in [4.78, 5) is 11.1. The van der Waals surface area contributed by atoms with Crippen molar-refractivity contribution < 1.29 is 22.0 Å². The van der Waals surface area contributed by atoms with Crippen LogP contribution >= 0.6 is 11.6 Å². The van der Waals surface area contributed by atoms with Crippen LogP contribution in [0.1, 0.15) is 33.1 Å². The number of nitrogens with one attached hydrogen (secondary N) is 1. The summed E-state index contributed by atoms with van der Waals surface area (Å²) >= 11 is 5.65. The molecule has 0 aromatic heterocycles. The van der Waals surface area contributed by atoms with Crippen LogP contribution in [0.15, 0.2) is 28.2 Å². The molecule has 1 N–H and O–H groups in total. The highest BCUT2D eigenvalue weighted by Gasteiger charge is 2.31. The van der Waals surface area contributed by atoms with E-state index in [9.17, 15) is 22.0 Å². The average molecular weight is 364 g/mol. The fraction of sp³-hybridized carbons (Fsp3) is 0.400. The van der Waals surface area contributed by atoms with Gasteiger partial charge < -0.3 is 0 Å². The molecule has 0 bridgehead atoms. The molecule has 2 rings (SSSR count). The van der Waals surface area contributed by atoms with Gasteiger partial charge in [0.05, 0.1) is 5.02 Å². The van der Waals surface area contributed by atoms with Crippen LogP contribution in [-0.2, 0) is 14.8 Å². The van der Waals surface area contributed by atoms with Gasteiger partial charge in [-0.25, -0.2) is 21.9 Å². The van der Waals surface area contributed by atoms with Crippen molar-refractivity contribution in [2.75, 3.05) is 0 Å². The average Bonchev–Trinajstić information content (AvgIpc) is 2.45. The SMILES string of the molecule is CC1=C(C)CC(C(=O)NS(=O)(=O)c2c(Cl)ccc(F)c2F)CC1. The van der Waals surface area contributed by atoms with Gasteiger partial charge in [0.2, 0.25) is 5.91 Å². The number of hydrogen-bond acceptors (Lipinski definition) is 3. The second kappa shape index (κ2) is 6.57. The van der Waals surface area contributed by atoms with Crippen LogP contribution in [0, 0.1) is 17.6 Å². The standard InChI is InChI=1S/C15H16ClF2NO3S/c1-8-3-4-10(7-9(8)2)15(20)19-23(21,22)14-11(16)5-6-12(17)13(14)18/h5-6,10H,3-4,7H2,1-2H3,(H,19,20). The van der Waals surface area contributed by atoms with E-state index in [-0.39, 0.29) is 0 Å². The third kappa shape index (κ3) is 3.72. The summed E-state index contributed by atoms with van der Waals surface area (Å²) in [6.45, 7) is 3.84. The van der Waals surface area contributed by atoms with Gasteiger partial charge in [0.25, 0.3) is 10.0 Å². The molecule has 1 unspecified atom stereocenters. The first kappa shape index (κ1) is 17.9. The molecule has 23 heavy (non-hydrogen) atoms. The van der Waals surface area contributed by atoms with Gasteiger partial charge >= 0.3 is 0 Å². The first-order valence-electron chi connectivity index (χ1n) is 6.99. The number of allylic oxidation sites excluding steroid dienone is 2. The molecule has 0 heterocycles. The number of sulfonamides is 1. The van der Waals surface area contributed by atoms with E-state index in [0.29, 0.717) is 19.3 Å².